The average molecular weight is 345 g/mol. The number of carbonyl (C=O) groups is 1. The summed E-state index contributed by atoms with van der Waals surface area (Å²) in [5.74, 6) is -0.925. The van der Waals surface area contributed by atoms with Gasteiger partial charge < -0.3 is 5.32 Å². The monoisotopic (exact) mass is 344 g/mol. The molecule has 2 rings (SSSR count). The van der Waals surface area contributed by atoms with Gasteiger partial charge in [-0.1, -0.05) is 28.1 Å². The number of hydrogen-bond donors (Lipinski definition) is 1. The van der Waals surface area contributed by atoms with Gasteiger partial charge in [-0.25, -0.2) is 4.39 Å². The van der Waals surface area contributed by atoms with Crippen LogP contribution < -0.4 is 5.32 Å². The van der Waals surface area contributed by atoms with Gasteiger partial charge >= 0.3 is 0 Å². The fourth-order valence-electron chi connectivity index (χ4n) is 1.61. The van der Waals surface area contributed by atoms with Gasteiger partial charge in [-0.3, -0.25) is 4.79 Å². The van der Waals surface area contributed by atoms with E-state index in [0.717, 1.165) is 10.0 Å². The highest BCUT2D eigenvalue weighted by Crippen LogP contribution is 2.14. The Bertz CT molecular complexity index is 715. The largest absolute Gasteiger partial charge is 0.321 e. The summed E-state index contributed by atoms with van der Waals surface area (Å²) in [7, 11) is 0. The molecular weight excluding hydrogens is 335 g/mol. The lowest BCUT2D eigenvalue weighted by molar-refractivity contribution is -0.112. The number of halogens is 2. The minimum Gasteiger partial charge on any atom is -0.321 e. The predicted molar refractivity (Wildman–Crippen MR) is 82.8 cm³/mol. The molecule has 0 aliphatic carbocycles. The Morgan fingerprint density at radius 1 is 1.14 bits per heavy atom. The van der Waals surface area contributed by atoms with Gasteiger partial charge in [-0.15, -0.1) is 0 Å². The fourth-order valence-corrected chi connectivity index (χ4v) is 1.87. The van der Waals surface area contributed by atoms with E-state index in [9.17, 15) is 9.18 Å². The van der Waals surface area contributed by atoms with Crippen LogP contribution in [0.15, 0.2) is 58.6 Å². The molecule has 0 aliphatic heterocycles. The molecule has 21 heavy (non-hydrogen) atoms. The third kappa shape index (κ3) is 4.26. The van der Waals surface area contributed by atoms with Crippen LogP contribution in [0.3, 0.4) is 0 Å². The molecule has 0 aliphatic rings. The van der Waals surface area contributed by atoms with E-state index in [1.54, 1.807) is 12.1 Å². The Balaban J connectivity index is 2.17. The number of anilines is 1. The molecule has 0 atom stereocenters. The first-order valence-corrected chi connectivity index (χ1v) is 6.82. The van der Waals surface area contributed by atoms with E-state index < -0.39 is 5.91 Å². The predicted octanol–water partition coefficient (Wildman–Crippen LogP) is 4.13. The molecule has 2 aromatic rings. The fraction of sp³-hybridized carbons (Fsp3) is 0. The highest BCUT2D eigenvalue weighted by Gasteiger charge is 2.09. The van der Waals surface area contributed by atoms with Gasteiger partial charge in [0.15, 0.2) is 0 Å². The van der Waals surface area contributed by atoms with Gasteiger partial charge in [0.25, 0.3) is 5.91 Å². The van der Waals surface area contributed by atoms with Crippen molar-refractivity contribution in [1.29, 1.82) is 5.26 Å². The van der Waals surface area contributed by atoms with Crippen molar-refractivity contribution < 1.29 is 9.18 Å². The first kappa shape index (κ1) is 14.9. The molecule has 0 radical (unpaired) electrons. The van der Waals surface area contributed by atoms with Crippen molar-refractivity contribution in [2.24, 2.45) is 0 Å². The standard InChI is InChI=1S/C16H10BrFN2O/c17-13-3-1-11(2-4-13)9-12(10-19)16(21)20-15-7-5-14(18)6-8-15/h1-9H,(H,20,21)/b12-9+. The number of nitrogens with zero attached hydrogens (tertiary/aromatic N) is 1. The second kappa shape index (κ2) is 6.82. The second-order valence-corrected chi connectivity index (χ2v) is 5.10. The molecule has 104 valence electrons. The summed E-state index contributed by atoms with van der Waals surface area (Å²) < 4.78 is 13.7. The summed E-state index contributed by atoms with van der Waals surface area (Å²) in [6, 6.07) is 14.4. The lowest BCUT2D eigenvalue weighted by Crippen LogP contribution is -2.13. The van der Waals surface area contributed by atoms with Crippen molar-refractivity contribution in [3.63, 3.8) is 0 Å². The number of hydrogen-bond acceptors (Lipinski definition) is 2. The van der Waals surface area contributed by atoms with Gasteiger partial charge in [0.1, 0.15) is 17.5 Å². The minimum absolute atomic E-state index is 0.0263. The van der Waals surface area contributed by atoms with Crippen LogP contribution >= 0.6 is 15.9 Å². The molecule has 0 saturated carbocycles. The second-order valence-electron chi connectivity index (χ2n) is 4.18. The number of rotatable bonds is 3. The zero-order valence-electron chi connectivity index (χ0n) is 10.8. The maximum Gasteiger partial charge on any atom is 0.266 e. The van der Waals surface area contributed by atoms with Gasteiger partial charge in [0.05, 0.1) is 0 Å². The minimum atomic E-state index is -0.535. The Morgan fingerprint density at radius 3 is 2.33 bits per heavy atom. The van der Waals surface area contributed by atoms with Crippen molar-refractivity contribution in [3.05, 3.63) is 70.0 Å². The number of carbonyl (C=O) groups excluding carboxylic acids is 1. The number of nitriles is 1. The Kier molecular flexibility index (Phi) is 4.85. The van der Waals surface area contributed by atoms with Gasteiger partial charge in [-0.05, 0) is 48.0 Å². The topological polar surface area (TPSA) is 52.9 Å². The van der Waals surface area contributed by atoms with Crippen molar-refractivity contribution in [1.82, 2.24) is 0 Å². The molecule has 0 heterocycles. The Morgan fingerprint density at radius 2 is 1.76 bits per heavy atom. The first-order valence-electron chi connectivity index (χ1n) is 6.03. The molecule has 1 N–H and O–H groups in total. The summed E-state index contributed by atoms with van der Waals surface area (Å²) in [5.41, 5.74) is 1.14. The molecule has 0 saturated heterocycles. The normalized spacial score (nSPS) is 10.8. The van der Waals surface area contributed by atoms with Crippen LogP contribution in [0.4, 0.5) is 10.1 Å². The quantitative estimate of drug-likeness (QED) is 0.672. The summed E-state index contributed by atoms with van der Waals surface area (Å²) in [6.45, 7) is 0. The molecule has 0 spiro atoms. The smallest absolute Gasteiger partial charge is 0.266 e. The van der Waals surface area contributed by atoms with E-state index in [1.807, 2.05) is 18.2 Å². The summed E-state index contributed by atoms with van der Waals surface area (Å²) in [5, 5.41) is 11.6. The molecular formula is C16H10BrFN2O. The van der Waals surface area contributed by atoms with Crippen LogP contribution in [-0.4, -0.2) is 5.91 Å². The van der Waals surface area contributed by atoms with Crippen LogP contribution in [0.25, 0.3) is 6.08 Å². The third-order valence-corrected chi connectivity index (χ3v) is 3.18. The lowest BCUT2D eigenvalue weighted by Gasteiger charge is -2.04. The lowest BCUT2D eigenvalue weighted by atomic mass is 10.1. The van der Waals surface area contributed by atoms with E-state index in [-0.39, 0.29) is 11.4 Å². The van der Waals surface area contributed by atoms with Crippen LogP contribution in [-0.2, 0) is 4.79 Å². The van der Waals surface area contributed by atoms with Crippen LogP contribution in [0.1, 0.15) is 5.56 Å². The van der Waals surface area contributed by atoms with Crippen LogP contribution in [0.2, 0.25) is 0 Å². The maximum absolute atomic E-state index is 12.8. The van der Waals surface area contributed by atoms with Crippen molar-refractivity contribution in [2.45, 2.75) is 0 Å². The van der Waals surface area contributed by atoms with E-state index in [1.165, 1.54) is 30.3 Å². The van der Waals surface area contributed by atoms with E-state index in [0.29, 0.717) is 5.69 Å². The number of nitrogens with one attached hydrogen (secondary N) is 1. The highest BCUT2D eigenvalue weighted by atomic mass is 79.9. The third-order valence-electron chi connectivity index (χ3n) is 2.65. The summed E-state index contributed by atoms with van der Waals surface area (Å²) in [4.78, 5) is 12.0. The molecule has 0 aromatic heterocycles. The van der Waals surface area contributed by atoms with Gasteiger partial charge in [0.2, 0.25) is 0 Å². The first-order chi connectivity index (χ1) is 10.1. The van der Waals surface area contributed by atoms with Crippen molar-refractivity contribution in [2.75, 3.05) is 5.32 Å². The van der Waals surface area contributed by atoms with Crippen LogP contribution in [0, 0.1) is 17.1 Å². The summed E-state index contributed by atoms with van der Waals surface area (Å²) >= 11 is 3.31. The molecule has 0 fully saturated rings. The molecule has 0 bridgehead atoms. The summed E-state index contributed by atoms with van der Waals surface area (Å²) in [6.07, 6.45) is 1.49. The average Bonchev–Trinajstić information content (AvgIpc) is 2.49. The number of amides is 1. The van der Waals surface area contributed by atoms with Gasteiger partial charge in [-0.2, -0.15) is 5.26 Å². The molecule has 3 nitrogen and oxygen atoms in total. The molecule has 1 amide bonds. The van der Waals surface area contributed by atoms with E-state index in [4.69, 9.17) is 5.26 Å². The highest BCUT2D eigenvalue weighted by molar-refractivity contribution is 9.10. The number of benzene rings is 2. The van der Waals surface area contributed by atoms with E-state index >= 15 is 0 Å². The molecule has 5 heteroatoms. The van der Waals surface area contributed by atoms with E-state index in [2.05, 4.69) is 21.2 Å². The van der Waals surface area contributed by atoms with Crippen molar-refractivity contribution >= 4 is 33.6 Å². The zero-order valence-corrected chi connectivity index (χ0v) is 12.4. The van der Waals surface area contributed by atoms with Crippen LogP contribution in [0.5, 0.6) is 0 Å². The van der Waals surface area contributed by atoms with Gasteiger partial charge in [0, 0.05) is 10.2 Å². The molecule has 2 aromatic carbocycles. The molecule has 0 unspecified atom stereocenters. The Hall–Kier alpha value is -2.45. The zero-order chi connectivity index (χ0) is 15.2. The van der Waals surface area contributed by atoms with Crippen molar-refractivity contribution in [3.8, 4) is 6.07 Å². The maximum atomic E-state index is 12.8. The Labute approximate surface area is 129 Å². The SMILES string of the molecule is N#C/C(=C\c1ccc(Br)cc1)C(=O)Nc1ccc(F)cc1.